The Bertz CT molecular complexity index is 369. The summed E-state index contributed by atoms with van der Waals surface area (Å²) < 4.78 is 2.06. The van der Waals surface area contributed by atoms with E-state index in [1.165, 1.54) is 18.5 Å². The number of rotatable bonds is 6. The molecule has 0 amide bonds. The van der Waals surface area contributed by atoms with Crippen LogP contribution in [0.5, 0.6) is 0 Å². The van der Waals surface area contributed by atoms with E-state index in [4.69, 9.17) is 5.73 Å². The molecular weight excluding hydrogens is 226 g/mol. The Labute approximate surface area is 109 Å². The summed E-state index contributed by atoms with van der Waals surface area (Å²) >= 11 is 0. The van der Waals surface area contributed by atoms with Crippen molar-refractivity contribution in [1.29, 1.82) is 0 Å². The zero-order chi connectivity index (χ0) is 13.0. The van der Waals surface area contributed by atoms with Gasteiger partial charge in [0.25, 0.3) is 0 Å². The molecule has 0 unspecified atom stereocenters. The van der Waals surface area contributed by atoms with E-state index in [1.807, 2.05) is 6.20 Å². The topological polar surface area (TPSA) is 64.1 Å². The minimum absolute atomic E-state index is 0.0136. The van der Waals surface area contributed by atoms with Crippen LogP contribution in [0.4, 0.5) is 0 Å². The first-order valence-electron chi connectivity index (χ1n) is 7.10. The van der Waals surface area contributed by atoms with Crippen LogP contribution in [0, 0.1) is 5.41 Å². The average Bonchev–Trinajstić information content (AvgIpc) is 3.02. The van der Waals surface area contributed by atoms with E-state index in [0.29, 0.717) is 6.54 Å². The molecule has 1 heterocycles. The van der Waals surface area contributed by atoms with Gasteiger partial charge < -0.3 is 10.8 Å². The predicted molar refractivity (Wildman–Crippen MR) is 72.3 cm³/mol. The maximum Gasteiger partial charge on any atom is 0.0494 e. The molecule has 0 spiro atoms. The molecule has 0 bridgehead atoms. The van der Waals surface area contributed by atoms with Crippen molar-refractivity contribution in [2.45, 2.75) is 51.5 Å². The molecule has 102 valence electrons. The summed E-state index contributed by atoms with van der Waals surface area (Å²) in [6.07, 6.45) is 7.51. The van der Waals surface area contributed by atoms with Gasteiger partial charge in [0.2, 0.25) is 0 Å². The second kappa shape index (κ2) is 5.85. The molecule has 0 aliphatic heterocycles. The Kier molecular flexibility index (Phi) is 4.40. The van der Waals surface area contributed by atoms with Gasteiger partial charge in [0.1, 0.15) is 0 Å². The third-order valence-electron chi connectivity index (χ3n) is 4.43. The molecule has 0 aromatic carbocycles. The average molecular weight is 251 g/mol. The first kappa shape index (κ1) is 13.6. The molecule has 1 saturated carbocycles. The molecule has 3 N–H and O–H groups in total. The summed E-state index contributed by atoms with van der Waals surface area (Å²) in [5.74, 6) is 0.235. The number of hydrogen-bond donors (Lipinski definition) is 2. The van der Waals surface area contributed by atoms with Crippen LogP contribution in [0.25, 0.3) is 0 Å². The van der Waals surface area contributed by atoms with E-state index in [-0.39, 0.29) is 17.9 Å². The summed E-state index contributed by atoms with van der Waals surface area (Å²) in [6, 6.07) is 2.07. The fourth-order valence-corrected chi connectivity index (χ4v) is 3.42. The zero-order valence-electron chi connectivity index (χ0n) is 11.3. The molecule has 1 fully saturated rings. The Morgan fingerprint density at radius 1 is 1.50 bits per heavy atom. The zero-order valence-corrected chi connectivity index (χ0v) is 11.3. The van der Waals surface area contributed by atoms with Gasteiger partial charge in [-0.2, -0.15) is 5.10 Å². The molecule has 18 heavy (non-hydrogen) atoms. The van der Waals surface area contributed by atoms with Crippen molar-refractivity contribution in [1.82, 2.24) is 9.78 Å². The van der Waals surface area contributed by atoms with Crippen LogP contribution in [-0.4, -0.2) is 28.0 Å². The fourth-order valence-electron chi connectivity index (χ4n) is 3.42. The van der Waals surface area contributed by atoms with Crippen LogP contribution < -0.4 is 5.73 Å². The first-order chi connectivity index (χ1) is 8.77. The second-order valence-corrected chi connectivity index (χ2v) is 5.50. The molecule has 1 aromatic rings. The Morgan fingerprint density at radius 2 is 2.22 bits per heavy atom. The highest BCUT2D eigenvalue weighted by atomic mass is 16.3. The number of aryl methyl sites for hydroxylation is 1. The lowest BCUT2D eigenvalue weighted by Gasteiger charge is -2.35. The van der Waals surface area contributed by atoms with E-state index in [9.17, 15) is 5.11 Å². The van der Waals surface area contributed by atoms with E-state index < -0.39 is 0 Å². The van der Waals surface area contributed by atoms with E-state index >= 15 is 0 Å². The van der Waals surface area contributed by atoms with Gasteiger partial charge in [0.05, 0.1) is 0 Å². The monoisotopic (exact) mass is 251 g/mol. The normalized spacial score (nSPS) is 20.2. The van der Waals surface area contributed by atoms with Crippen molar-refractivity contribution < 1.29 is 5.11 Å². The molecule has 2 rings (SSSR count). The van der Waals surface area contributed by atoms with Crippen molar-refractivity contribution in [3.63, 3.8) is 0 Å². The summed E-state index contributed by atoms with van der Waals surface area (Å²) in [7, 11) is 0. The van der Waals surface area contributed by atoms with Gasteiger partial charge in [-0.25, -0.2) is 0 Å². The van der Waals surface area contributed by atoms with Gasteiger partial charge >= 0.3 is 0 Å². The highest BCUT2D eigenvalue weighted by Crippen LogP contribution is 2.48. The molecule has 4 heteroatoms. The van der Waals surface area contributed by atoms with Crippen molar-refractivity contribution in [3.8, 4) is 0 Å². The SMILES string of the molecule is CCCn1nccc1[C@H](CN)C1(CO)CCCC1. The summed E-state index contributed by atoms with van der Waals surface area (Å²) in [6.45, 7) is 3.92. The van der Waals surface area contributed by atoms with E-state index in [1.54, 1.807) is 0 Å². The standard InChI is InChI=1S/C14H25N3O/c1-2-9-17-13(5-8-16-17)12(10-15)14(11-18)6-3-4-7-14/h5,8,12,18H,2-4,6-7,9-11,15H2,1H3/t12-/m0/s1. The molecule has 4 nitrogen and oxygen atoms in total. The number of aromatic nitrogens is 2. The molecule has 1 aliphatic carbocycles. The number of aliphatic hydroxyl groups excluding tert-OH is 1. The first-order valence-corrected chi connectivity index (χ1v) is 7.10. The largest absolute Gasteiger partial charge is 0.396 e. The summed E-state index contributed by atoms with van der Waals surface area (Å²) in [4.78, 5) is 0. The molecule has 1 aliphatic rings. The minimum atomic E-state index is -0.0136. The lowest BCUT2D eigenvalue weighted by atomic mass is 9.73. The fraction of sp³-hybridized carbons (Fsp3) is 0.786. The number of aliphatic hydroxyl groups is 1. The third-order valence-corrected chi connectivity index (χ3v) is 4.43. The summed E-state index contributed by atoms with van der Waals surface area (Å²) in [5.41, 5.74) is 7.21. The van der Waals surface area contributed by atoms with Gasteiger partial charge in [-0.15, -0.1) is 0 Å². The Balaban J connectivity index is 2.29. The molecule has 0 saturated heterocycles. The molecule has 1 aromatic heterocycles. The predicted octanol–water partition coefficient (Wildman–Crippen LogP) is 1.89. The van der Waals surface area contributed by atoms with Gasteiger partial charge in [0.15, 0.2) is 0 Å². The van der Waals surface area contributed by atoms with Gasteiger partial charge in [-0.05, 0) is 25.3 Å². The van der Waals surface area contributed by atoms with E-state index in [2.05, 4.69) is 22.8 Å². The third kappa shape index (κ3) is 2.31. The van der Waals surface area contributed by atoms with Crippen LogP contribution in [0.3, 0.4) is 0 Å². The van der Waals surface area contributed by atoms with Gasteiger partial charge in [-0.1, -0.05) is 19.8 Å². The van der Waals surface area contributed by atoms with Gasteiger partial charge in [0, 0.05) is 42.9 Å². The highest BCUT2D eigenvalue weighted by Gasteiger charge is 2.42. The quantitative estimate of drug-likeness (QED) is 0.811. The number of hydrogen-bond acceptors (Lipinski definition) is 3. The molecular formula is C14H25N3O. The van der Waals surface area contributed by atoms with Crippen LogP contribution >= 0.6 is 0 Å². The smallest absolute Gasteiger partial charge is 0.0494 e. The molecule has 0 radical (unpaired) electrons. The van der Waals surface area contributed by atoms with Crippen LogP contribution in [0.1, 0.15) is 50.6 Å². The second-order valence-electron chi connectivity index (χ2n) is 5.50. The highest BCUT2D eigenvalue weighted by molar-refractivity contribution is 5.15. The Hall–Kier alpha value is -0.870. The van der Waals surface area contributed by atoms with Crippen molar-refractivity contribution in [3.05, 3.63) is 18.0 Å². The minimum Gasteiger partial charge on any atom is -0.396 e. The van der Waals surface area contributed by atoms with Crippen molar-refractivity contribution >= 4 is 0 Å². The van der Waals surface area contributed by atoms with Crippen LogP contribution in [-0.2, 0) is 6.54 Å². The summed E-state index contributed by atoms with van der Waals surface area (Å²) in [5, 5.41) is 14.2. The maximum absolute atomic E-state index is 9.85. The lowest BCUT2D eigenvalue weighted by molar-refractivity contribution is 0.0990. The van der Waals surface area contributed by atoms with Gasteiger partial charge in [-0.3, -0.25) is 4.68 Å². The Morgan fingerprint density at radius 3 is 2.78 bits per heavy atom. The van der Waals surface area contributed by atoms with Crippen molar-refractivity contribution in [2.24, 2.45) is 11.1 Å². The lowest BCUT2D eigenvalue weighted by Crippen LogP contribution is -2.36. The number of nitrogens with zero attached hydrogens (tertiary/aromatic N) is 2. The van der Waals surface area contributed by atoms with Crippen LogP contribution in [0.2, 0.25) is 0 Å². The maximum atomic E-state index is 9.85. The van der Waals surface area contributed by atoms with Crippen LogP contribution in [0.15, 0.2) is 12.3 Å². The van der Waals surface area contributed by atoms with Crippen molar-refractivity contribution in [2.75, 3.05) is 13.2 Å². The van der Waals surface area contributed by atoms with E-state index in [0.717, 1.165) is 25.8 Å². The number of nitrogens with two attached hydrogens (primary N) is 1. The molecule has 1 atom stereocenters.